The fourth-order valence-corrected chi connectivity index (χ4v) is 2.79. The Kier molecular flexibility index (Phi) is 5.00. The summed E-state index contributed by atoms with van der Waals surface area (Å²) in [6.45, 7) is 0.758. The Morgan fingerprint density at radius 1 is 1.24 bits per heavy atom. The zero-order valence-corrected chi connectivity index (χ0v) is 12.6. The van der Waals surface area contributed by atoms with Crippen molar-refractivity contribution in [1.82, 2.24) is 4.98 Å². The van der Waals surface area contributed by atoms with Gasteiger partial charge in [-0.1, -0.05) is 11.6 Å². The highest BCUT2D eigenvalue weighted by molar-refractivity contribution is 7.92. The fourth-order valence-electron chi connectivity index (χ4n) is 1.54. The number of sulfonamides is 1. The zero-order chi connectivity index (χ0) is 15.3. The number of rotatable bonds is 6. The molecule has 0 amide bonds. The van der Waals surface area contributed by atoms with E-state index in [1.54, 1.807) is 24.3 Å². The molecule has 6 nitrogen and oxygen atoms in total. The quantitative estimate of drug-likeness (QED) is 0.844. The number of halogens is 1. The number of anilines is 1. The first-order valence-corrected chi connectivity index (χ1v) is 7.95. The van der Waals surface area contributed by atoms with Crippen molar-refractivity contribution in [2.75, 3.05) is 17.9 Å². The molecule has 0 aliphatic carbocycles. The molecule has 2 aromatic rings. The van der Waals surface area contributed by atoms with E-state index in [9.17, 15) is 8.42 Å². The molecule has 0 saturated carbocycles. The molecule has 0 saturated heterocycles. The highest BCUT2D eigenvalue weighted by Crippen LogP contribution is 2.22. The standard InChI is InChI=1S/C13H14ClN3O3S/c14-12-2-1-8-16-13(12)17-21(18,19)11-5-3-10(4-6-11)20-9-7-15/h1-6,8H,7,9,15H2,(H,16,17). The Morgan fingerprint density at radius 3 is 2.57 bits per heavy atom. The van der Waals surface area contributed by atoms with Crippen LogP contribution >= 0.6 is 11.6 Å². The maximum atomic E-state index is 12.2. The van der Waals surface area contributed by atoms with Crippen LogP contribution in [0.4, 0.5) is 5.82 Å². The normalized spacial score (nSPS) is 11.1. The maximum Gasteiger partial charge on any atom is 0.263 e. The summed E-state index contributed by atoms with van der Waals surface area (Å²) in [5, 5.41) is 0.226. The van der Waals surface area contributed by atoms with E-state index in [0.717, 1.165) is 0 Å². The van der Waals surface area contributed by atoms with Gasteiger partial charge in [0.2, 0.25) is 0 Å². The van der Waals surface area contributed by atoms with E-state index in [4.69, 9.17) is 22.1 Å². The first-order valence-electron chi connectivity index (χ1n) is 6.09. The Labute approximate surface area is 128 Å². The molecule has 0 unspecified atom stereocenters. The van der Waals surface area contributed by atoms with Crippen LogP contribution in [-0.4, -0.2) is 26.6 Å². The average molecular weight is 328 g/mol. The smallest absolute Gasteiger partial charge is 0.263 e. The van der Waals surface area contributed by atoms with Crippen molar-refractivity contribution in [3.8, 4) is 5.75 Å². The van der Waals surface area contributed by atoms with Gasteiger partial charge in [0, 0.05) is 12.7 Å². The van der Waals surface area contributed by atoms with Gasteiger partial charge in [-0.2, -0.15) is 0 Å². The van der Waals surface area contributed by atoms with E-state index < -0.39 is 10.0 Å². The van der Waals surface area contributed by atoms with E-state index in [-0.39, 0.29) is 15.7 Å². The lowest BCUT2D eigenvalue weighted by Crippen LogP contribution is -2.14. The van der Waals surface area contributed by atoms with Crippen LogP contribution in [0.25, 0.3) is 0 Å². The first-order chi connectivity index (χ1) is 10.0. The molecule has 1 aromatic carbocycles. The van der Waals surface area contributed by atoms with Gasteiger partial charge in [0.25, 0.3) is 10.0 Å². The van der Waals surface area contributed by atoms with Gasteiger partial charge in [0.05, 0.1) is 9.92 Å². The molecular weight excluding hydrogens is 314 g/mol. The van der Waals surface area contributed by atoms with Gasteiger partial charge in [-0.3, -0.25) is 4.72 Å². The number of nitrogens with two attached hydrogens (primary N) is 1. The number of hydrogen-bond acceptors (Lipinski definition) is 5. The van der Waals surface area contributed by atoms with Gasteiger partial charge in [0.15, 0.2) is 5.82 Å². The van der Waals surface area contributed by atoms with Crippen molar-refractivity contribution < 1.29 is 13.2 Å². The van der Waals surface area contributed by atoms with Crippen LogP contribution < -0.4 is 15.2 Å². The lowest BCUT2D eigenvalue weighted by molar-refractivity contribution is 0.328. The number of hydrogen-bond donors (Lipinski definition) is 2. The molecule has 3 N–H and O–H groups in total. The van der Waals surface area contributed by atoms with Crippen LogP contribution in [0, 0.1) is 0 Å². The summed E-state index contributed by atoms with van der Waals surface area (Å²) in [5.41, 5.74) is 5.33. The second kappa shape index (κ2) is 6.75. The van der Waals surface area contributed by atoms with Crippen molar-refractivity contribution in [2.24, 2.45) is 5.73 Å². The Hall–Kier alpha value is -1.83. The fraction of sp³-hybridized carbons (Fsp3) is 0.154. The number of nitrogens with one attached hydrogen (secondary N) is 1. The molecular formula is C13H14ClN3O3S. The van der Waals surface area contributed by atoms with Crippen LogP contribution in [0.1, 0.15) is 0 Å². The van der Waals surface area contributed by atoms with E-state index in [0.29, 0.717) is 18.9 Å². The highest BCUT2D eigenvalue weighted by Gasteiger charge is 2.16. The van der Waals surface area contributed by atoms with Crippen LogP contribution in [-0.2, 0) is 10.0 Å². The molecule has 1 aromatic heterocycles. The minimum Gasteiger partial charge on any atom is -0.492 e. The molecule has 112 valence electrons. The summed E-state index contributed by atoms with van der Waals surface area (Å²) >= 11 is 5.88. The number of aromatic nitrogens is 1. The van der Waals surface area contributed by atoms with E-state index >= 15 is 0 Å². The largest absolute Gasteiger partial charge is 0.492 e. The third-order valence-corrected chi connectivity index (χ3v) is 4.17. The van der Waals surface area contributed by atoms with Crippen molar-refractivity contribution in [1.29, 1.82) is 0 Å². The van der Waals surface area contributed by atoms with Crippen molar-refractivity contribution >= 4 is 27.4 Å². The number of ether oxygens (including phenoxy) is 1. The molecule has 0 atom stereocenters. The van der Waals surface area contributed by atoms with Gasteiger partial charge in [-0.15, -0.1) is 0 Å². The van der Waals surface area contributed by atoms with Gasteiger partial charge in [-0.05, 0) is 36.4 Å². The molecule has 2 rings (SSSR count). The average Bonchev–Trinajstić information content (AvgIpc) is 2.48. The molecule has 0 aliphatic rings. The number of benzene rings is 1. The van der Waals surface area contributed by atoms with Crippen molar-refractivity contribution in [3.63, 3.8) is 0 Å². The van der Waals surface area contributed by atoms with Gasteiger partial charge in [-0.25, -0.2) is 13.4 Å². The number of nitrogens with zero attached hydrogens (tertiary/aromatic N) is 1. The van der Waals surface area contributed by atoms with Crippen molar-refractivity contribution in [3.05, 3.63) is 47.6 Å². The van der Waals surface area contributed by atoms with E-state index in [1.165, 1.54) is 18.3 Å². The highest BCUT2D eigenvalue weighted by atomic mass is 35.5. The molecule has 0 bridgehead atoms. The SMILES string of the molecule is NCCOc1ccc(S(=O)(=O)Nc2ncccc2Cl)cc1. The van der Waals surface area contributed by atoms with Crippen LogP contribution in [0.15, 0.2) is 47.5 Å². The third kappa shape index (κ3) is 4.07. The van der Waals surface area contributed by atoms with Crippen LogP contribution in [0.3, 0.4) is 0 Å². The monoisotopic (exact) mass is 327 g/mol. The summed E-state index contributed by atoms with van der Waals surface area (Å²) in [5.74, 6) is 0.637. The van der Waals surface area contributed by atoms with Crippen LogP contribution in [0.2, 0.25) is 5.02 Å². The Bertz CT molecular complexity index is 705. The van der Waals surface area contributed by atoms with E-state index in [2.05, 4.69) is 9.71 Å². The van der Waals surface area contributed by atoms with Gasteiger partial charge < -0.3 is 10.5 Å². The minimum atomic E-state index is -3.75. The second-order valence-electron chi connectivity index (χ2n) is 4.05. The summed E-state index contributed by atoms with van der Waals surface area (Å²) in [4.78, 5) is 3.97. The predicted octanol–water partition coefficient (Wildman–Crippen LogP) is 1.87. The summed E-state index contributed by atoms with van der Waals surface area (Å²) in [7, 11) is -3.75. The summed E-state index contributed by atoms with van der Waals surface area (Å²) < 4.78 is 32.0. The Balaban J connectivity index is 2.18. The summed E-state index contributed by atoms with van der Waals surface area (Å²) in [6.07, 6.45) is 1.45. The molecule has 0 aliphatic heterocycles. The van der Waals surface area contributed by atoms with Gasteiger partial charge in [0.1, 0.15) is 12.4 Å². The molecule has 0 radical (unpaired) electrons. The zero-order valence-electron chi connectivity index (χ0n) is 11.0. The molecule has 1 heterocycles. The topological polar surface area (TPSA) is 94.3 Å². The second-order valence-corrected chi connectivity index (χ2v) is 6.14. The predicted molar refractivity (Wildman–Crippen MR) is 81.0 cm³/mol. The maximum absolute atomic E-state index is 12.2. The third-order valence-electron chi connectivity index (χ3n) is 2.51. The van der Waals surface area contributed by atoms with Crippen molar-refractivity contribution in [2.45, 2.75) is 4.90 Å². The van der Waals surface area contributed by atoms with Gasteiger partial charge >= 0.3 is 0 Å². The lowest BCUT2D eigenvalue weighted by atomic mass is 10.3. The van der Waals surface area contributed by atoms with Crippen LogP contribution in [0.5, 0.6) is 5.75 Å². The molecule has 0 fully saturated rings. The lowest BCUT2D eigenvalue weighted by Gasteiger charge is -2.09. The molecule has 8 heteroatoms. The Morgan fingerprint density at radius 2 is 1.95 bits per heavy atom. The summed E-state index contributed by atoms with van der Waals surface area (Å²) in [6, 6.07) is 9.16. The molecule has 0 spiro atoms. The number of pyridine rings is 1. The molecule has 21 heavy (non-hydrogen) atoms. The first kappa shape index (κ1) is 15.6. The van der Waals surface area contributed by atoms with E-state index in [1.807, 2.05) is 0 Å². The minimum absolute atomic E-state index is 0.0858.